The molecule has 2 N–H and O–H groups in total. The lowest BCUT2D eigenvalue weighted by Gasteiger charge is -2.45. The Morgan fingerprint density at radius 1 is 1.50 bits per heavy atom. The maximum Gasteiger partial charge on any atom is 0.147 e. The molecular formula is C17H25N3O2. The van der Waals surface area contributed by atoms with Crippen LogP contribution in [0.2, 0.25) is 0 Å². The summed E-state index contributed by atoms with van der Waals surface area (Å²) in [5.74, 6) is 0.655. The third kappa shape index (κ3) is 2.94. The largest absolute Gasteiger partial charge is 0.396 e. The summed E-state index contributed by atoms with van der Waals surface area (Å²) in [5, 5.41) is 29.7. The van der Waals surface area contributed by atoms with Crippen molar-refractivity contribution >= 4 is 5.82 Å². The van der Waals surface area contributed by atoms with E-state index in [0.717, 1.165) is 24.1 Å². The maximum absolute atomic E-state index is 10.6. The van der Waals surface area contributed by atoms with E-state index in [2.05, 4.69) is 18.0 Å². The second-order valence-corrected chi connectivity index (χ2v) is 6.37. The third-order valence-electron chi connectivity index (χ3n) is 4.78. The smallest absolute Gasteiger partial charge is 0.147 e. The van der Waals surface area contributed by atoms with E-state index in [1.54, 1.807) is 0 Å². The number of hydrogen-bond acceptors (Lipinski definition) is 5. The molecule has 1 aliphatic heterocycles. The molecule has 120 valence electrons. The monoisotopic (exact) mass is 303 g/mol. The first kappa shape index (κ1) is 16.7. The molecule has 5 heteroatoms. The molecule has 1 aromatic rings. The van der Waals surface area contributed by atoms with Gasteiger partial charge in [-0.15, -0.1) is 0 Å². The van der Waals surface area contributed by atoms with Gasteiger partial charge >= 0.3 is 0 Å². The molecule has 2 atom stereocenters. The summed E-state index contributed by atoms with van der Waals surface area (Å²) in [5.41, 5.74) is 1.93. The third-order valence-corrected chi connectivity index (χ3v) is 4.78. The lowest BCUT2D eigenvalue weighted by Crippen LogP contribution is -2.53. The second-order valence-electron chi connectivity index (χ2n) is 6.37. The Morgan fingerprint density at radius 2 is 2.23 bits per heavy atom. The number of nitriles is 1. The van der Waals surface area contributed by atoms with Crippen LogP contribution < -0.4 is 4.90 Å². The summed E-state index contributed by atoms with van der Waals surface area (Å²) in [6, 6.07) is 4.13. The van der Waals surface area contributed by atoms with E-state index in [4.69, 9.17) is 0 Å². The van der Waals surface area contributed by atoms with E-state index in [1.807, 2.05) is 24.8 Å². The van der Waals surface area contributed by atoms with Crippen molar-refractivity contribution in [3.8, 4) is 6.07 Å². The highest BCUT2D eigenvalue weighted by atomic mass is 16.3. The number of aromatic nitrogens is 1. The number of rotatable bonds is 4. The minimum absolute atomic E-state index is 0.00122. The Labute approximate surface area is 132 Å². The number of piperidine rings is 1. The Kier molecular flexibility index (Phi) is 5.05. The van der Waals surface area contributed by atoms with Crippen LogP contribution in [0.1, 0.15) is 43.0 Å². The van der Waals surface area contributed by atoms with Crippen LogP contribution in [-0.2, 0) is 0 Å². The van der Waals surface area contributed by atoms with Gasteiger partial charge in [-0.05, 0) is 38.3 Å². The zero-order valence-corrected chi connectivity index (χ0v) is 13.6. The molecule has 1 aromatic heterocycles. The molecule has 0 saturated carbocycles. The van der Waals surface area contributed by atoms with Crippen LogP contribution >= 0.6 is 0 Å². The standard InChI is InChI=1S/C17H25N3O2/c1-4-5-17(11-21)6-7-20(10-15(17)22)16-14(9-18)12(2)8-13(3)19-16/h8,15,21-22H,4-7,10-11H2,1-3H3/t15-,17-/m1/s1. The Hall–Kier alpha value is -1.64. The molecule has 0 aromatic carbocycles. The number of nitrogens with zero attached hydrogens (tertiary/aromatic N) is 3. The van der Waals surface area contributed by atoms with E-state index in [0.29, 0.717) is 30.9 Å². The molecule has 0 bridgehead atoms. The van der Waals surface area contributed by atoms with Crippen LogP contribution in [-0.4, -0.2) is 41.0 Å². The van der Waals surface area contributed by atoms with Gasteiger partial charge in [0, 0.05) is 24.2 Å². The van der Waals surface area contributed by atoms with Gasteiger partial charge in [0.15, 0.2) is 0 Å². The van der Waals surface area contributed by atoms with Crippen molar-refractivity contribution in [2.24, 2.45) is 5.41 Å². The van der Waals surface area contributed by atoms with Crippen molar-refractivity contribution < 1.29 is 10.2 Å². The summed E-state index contributed by atoms with van der Waals surface area (Å²) in [6.07, 6.45) is 1.84. The molecule has 2 rings (SSSR count). The van der Waals surface area contributed by atoms with Gasteiger partial charge in [0.05, 0.1) is 18.3 Å². The summed E-state index contributed by atoms with van der Waals surface area (Å²) >= 11 is 0. The molecule has 5 nitrogen and oxygen atoms in total. The highest BCUT2D eigenvalue weighted by Gasteiger charge is 2.41. The van der Waals surface area contributed by atoms with E-state index < -0.39 is 11.5 Å². The fraction of sp³-hybridized carbons (Fsp3) is 0.647. The maximum atomic E-state index is 10.6. The first-order chi connectivity index (χ1) is 10.5. The number of hydrogen-bond donors (Lipinski definition) is 2. The Bertz CT molecular complexity index is 582. The van der Waals surface area contributed by atoms with Crippen molar-refractivity contribution in [2.75, 3.05) is 24.6 Å². The van der Waals surface area contributed by atoms with Crippen LogP contribution in [0.25, 0.3) is 0 Å². The van der Waals surface area contributed by atoms with Gasteiger partial charge in [-0.1, -0.05) is 13.3 Å². The van der Waals surface area contributed by atoms with Crippen molar-refractivity contribution in [3.63, 3.8) is 0 Å². The first-order valence-corrected chi connectivity index (χ1v) is 7.89. The van der Waals surface area contributed by atoms with Gasteiger partial charge < -0.3 is 15.1 Å². The predicted molar refractivity (Wildman–Crippen MR) is 85.7 cm³/mol. The van der Waals surface area contributed by atoms with Crippen LogP contribution in [0.15, 0.2) is 6.07 Å². The SMILES string of the molecule is CCC[C@]1(CO)CCN(c2nc(C)cc(C)c2C#N)C[C@H]1O. The fourth-order valence-corrected chi connectivity index (χ4v) is 3.45. The topological polar surface area (TPSA) is 80.4 Å². The molecule has 1 aliphatic rings. The number of β-amino-alcohol motifs (C(OH)–C–C–N with tert-alkyl or cyclic N) is 1. The van der Waals surface area contributed by atoms with Crippen molar-refractivity contribution in [1.82, 2.24) is 4.98 Å². The quantitative estimate of drug-likeness (QED) is 0.888. The minimum Gasteiger partial charge on any atom is -0.396 e. The molecule has 0 unspecified atom stereocenters. The summed E-state index contributed by atoms with van der Waals surface area (Å²) in [6.45, 7) is 6.99. The first-order valence-electron chi connectivity index (χ1n) is 7.89. The molecule has 1 saturated heterocycles. The number of aliphatic hydroxyl groups is 2. The molecule has 0 amide bonds. The Balaban J connectivity index is 2.30. The number of anilines is 1. The molecule has 0 aliphatic carbocycles. The van der Waals surface area contributed by atoms with E-state index in [-0.39, 0.29) is 6.61 Å². The van der Waals surface area contributed by atoms with Crippen molar-refractivity contribution in [2.45, 2.75) is 46.1 Å². The predicted octanol–water partition coefficient (Wildman–Crippen LogP) is 1.92. The van der Waals surface area contributed by atoms with Gasteiger partial charge in [0.1, 0.15) is 11.9 Å². The van der Waals surface area contributed by atoms with Crippen LogP contribution in [0.4, 0.5) is 5.82 Å². The molecule has 22 heavy (non-hydrogen) atoms. The lowest BCUT2D eigenvalue weighted by molar-refractivity contribution is -0.0372. The summed E-state index contributed by atoms with van der Waals surface area (Å²) < 4.78 is 0. The summed E-state index contributed by atoms with van der Waals surface area (Å²) in [7, 11) is 0. The van der Waals surface area contributed by atoms with Gasteiger partial charge in [-0.3, -0.25) is 0 Å². The van der Waals surface area contributed by atoms with E-state index in [1.165, 1.54) is 0 Å². The number of pyridine rings is 1. The zero-order valence-electron chi connectivity index (χ0n) is 13.6. The number of aliphatic hydroxyl groups excluding tert-OH is 2. The van der Waals surface area contributed by atoms with Gasteiger partial charge in [0.25, 0.3) is 0 Å². The zero-order chi connectivity index (χ0) is 16.3. The Morgan fingerprint density at radius 3 is 2.77 bits per heavy atom. The molecule has 0 radical (unpaired) electrons. The fourth-order valence-electron chi connectivity index (χ4n) is 3.45. The molecule has 0 spiro atoms. The van der Waals surface area contributed by atoms with Crippen molar-refractivity contribution in [3.05, 3.63) is 22.9 Å². The molecular weight excluding hydrogens is 278 g/mol. The van der Waals surface area contributed by atoms with Crippen LogP contribution in [0, 0.1) is 30.6 Å². The molecule has 2 heterocycles. The normalized spacial score (nSPS) is 25.1. The van der Waals surface area contributed by atoms with E-state index >= 15 is 0 Å². The second kappa shape index (κ2) is 6.64. The van der Waals surface area contributed by atoms with Gasteiger partial charge in [-0.25, -0.2) is 4.98 Å². The van der Waals surface area contributed by atoms with Gasteiger partial charge in [-0.2, -0.15) is 5.26 Å². The van der Waals surface area contributed by atoms with Gasteiger partial charge in [0.2, 0.25) is 0 Å². The van der Waals surface area contributed by atoms with Crippen molar-refractivity contribution in [1.29, 1.82) is 5.26 Å². The summed E-state index contributed by atoms with van der Waals surface area (Å²) in [4.78, 5) is 6.49. The average molecular weight is 303 g/mol. The lowest BCUT2D eigenvalue weighted by atomic mass is 9.73. The van der Waals surface area contributed by atoms with Crippen LogP contribution in [0.5, 0.6) is 0 Å². The highest BCUT2D eigenvalue weighted by molar-refractivity contribution is 5.58. The highest BCUT2D eigenvalue weighted by Crippen LogP contribution is 2.38. The van der Waals surface area contributed by atoms with Crippen LogP contribution in [0.3, 0.4) is 0 Å². The number of aryl methyl sites for hydroxylation is 2. The average Bonchev–Trinajstić information content (AvgIpc) is 2.49. The minimum atomic E-state index is -0.611. The van der Waals surface area contributed by atoms with E-state index in [9.17, 15) is 15.5 Å². The molecule has 1 fully saturated rings.